The third-order valence-corrected chi connectivity index (χ3v) is 5.55. The Labute approximate surface area is 163 Å². The number of carbonyl (C=O) groups excluding carboxylic acids is 1. The van der Waals surface area contributed by atoms with Gasteiger partial charge < -0.3 is 5.32 Å². The van der Waals surface area contributed by atoms with Crippen LogP contribution in [0.1, 0.15) is 21.6 Å². The van der Waals surface area contributed by atoms with Gasteiger partial charge in [-0.1, -0.05) is 35.3 Å². The number of nitrogens with one attached hydrogen (secondary N) is 1. The molecule has 4 nitrogen and oxygen atoms in total. The second kappa shape index (κ2) is 6.95. The second-order valence-electron chi connectivity index (χ2n) is 5.71. The fraction of sp³-hybridized carbons (Fsp3) is 0.111. The molecular weight excluding hydrogens is 396 g/mol. The smallest absolute Gasteiger partial charge is 0.261 e. The molecule has 0 atom stereocenters. The zero-order chi connectivity index (χ0) is 18.3. The maximum atomic E-state index is 14.1. The number of halogens is 3. The molecule has 8 heteroatoms. The number of rotatable bonds is 3. The molecule has 0 fully saturated rings. The molecular formula is C18H12Cl2FN3OS. The standard InChI is InChI=1S/C18H12Cl2FN3OS/c19-10-3-1-4-11(7-10)24-17(12-8-26-9-15(12)23-24)22-18(25)16-13(20)5-2-6-14(16)21/h1-7H,8-9H2,(H,22,25). The van der Waals surface area contributed by atoms with E-state index in [-0.39, 0.29) is 10.6 Å². The largest absolute Gasteiger partial charge is 0.306 e. The normalized spacial score (nSPS) is 12.9. The highest BCUT2D eigenvalue weighted by molar-refractivity contribution is 7.98. The Bertz CT molecular complexity index is 1000. The van der Waals surface area contributed by atoms with Crippen molar-refractivity contribution in [3.8, 4) is 5.69 Å². The lowest BCUT2D eigenvalue weighted by Gasteiger charge is -2.12. The molecule has 0 radical (unpaired) electrons. The molecule has 1 aromatic heterocycles. The summed E-state index contributed by atoms with van der Waals surface area (Å²) in [7, 11) is 0. The number of fused-ring (bicyclic) bond motifs is 1. The summed E-state index contributed by atoms with van der Waals surface area (Å²) in [4.78, 5) is 12.7. The van der Waals surface area contributed by atoms with Gasteiger partial charge in [0, 0.05) is 22.1 Å². The minimum atomic E-state index is -0.671. The van der Waals surface area contributed by atoms with Crippen LogP contribution in [0.2, 0.25) is 10.0 Å². The van der Waals surface area contributed by atoms with E-state index in [1.54, 1.807) is 34.6 Å². The highest BCUT2D eigenvalue weighted by Gasteiger charge is 2.26. The van der Waals surface area contributed by atoms with E-state index in [0.717, 1.165) is 22.8 Å². The molecule has 1 aliphatic rings. The summed E-state index contributed by atoms with van der Waals surface area (Å²) in [6.07, 6.45) is 0. The van der Waals surface area contributed by atoms with Gasteiger partial charge in [-0.05, 0) is 30.3 Å². The number of nitrogens with zero attached hydrogens (tertiary/aromatic N) is 2. The fourth-order valence-electron chi connectivity index (χ4n) is 2.82. The first-order valence-corrected chi connectivity index (χ1v) is 9.65. The van der Waals surface area contributed by atoms with Gasteiger partial charge in [0.2, 0.25) is 0 Å². The predicted molar refractivity (Wildman–Crippen MR) is 103 cm³/mol. The third kappa shape index (κ3) is 3.09. The molecule has 2 aromatic carbocycles. The summed E-state index contributed by atoms with van der Waals surface area (Å²) in [6, 6.07) is 11.3. The summed E-state index contributed by atoms with van der Waals surface area (Å²) >= 11 is 13.8. The van der Waals surface area contributed by atoms with E-state index >= 15 is 0 Å². The van der Waals surface area contributed by atoms with Crippen molar-refractivity contribution in [1.82, 2.24) is 9.78 Å². The van der Waals surface area contributed by atoms with Crippen LogP contribution in [-0.4, -0.2) is 15.7 Å². The quantitative estimate of drug-likeness (QED) is 0.638. The number of aromatic nitrogens is 2. The van der Waals surface area contributed by atoms with Crippen LogP contribution < -0.4 is 5.32 Å². The molecule has 0 saturated heterocycles. The number of benzene rings is 2. The topological polar surface area (TPSA) is 46.9 Å². The third-order valence-electron chi connectivity index (χ3n) is 4.03. The molecule has 0 spiro atoms. The minimum absolute atomic E-state index is 0.0577. The van der Waals surface area contributed by atoms with E-state index in [0.29, 0.717) is 16.5 Å². The highest BCUT2D eigenvalue weighted by atomic mass is 35.5. The zero-order valence-electron chi connectivity index (χ0n) is 13.3. The number of hydrogen-bond donors (Lipinski definition) is 1. The van der Waals surface area contributed by atoms with Gasteiger partial charge in [0.25, 0.3) is 5.91 Å². The van der Waals surface area contributed by atoms with Crippen LogP contribution in [0, 0.1) is 5.82 Å². The first-order chi connectivity index (χ1) is 12.5. The van der Waals surface area contributed by atoms with Crippen LogP contribution in [0.3, 0.4) is 0 Å². The molecule has 3 aromatic rings. The summed E-state index contributed by atoms with van der Waals surface area (Å²) < 4.78 is 15.7. The molecule has 2 heterocycles. The fourth-order valence-corrected chi connectivity index (χ4v) is 4.29. The molecule has 1 N–H and O–H groups in total. The molecule has 4 rings (SSSR count). The summed E-state index contributed by atoms with van der Waals surface area (Å²) in [5.74, 6) is 0.699. The monoisotopic (exact) mass is 407 g/mol. The van der Waals surface area contributed by atoms with Crippen LogP contribution in [0.15, 0.2) is 42.5 Å². The van der Waals surface area contributed by atoms with Gasteiger partial charge in [0.1, 0.15) is 11.6 Å². The Morgan fingerprint density at radius 2 is 2.00 bits per heavy atom. The maximum absolute atomic E-state index is 14.1. The van der Waals surface area contributed by atoms with Crippen molar-refractivity contribution >= 4 is 46.7 Å². The van der Waals surface area contributed by atoms with Crippen LogP contribution in [-0.2, 0) is 11.5 Å². The Morgan fingerprint density at radius 1 is 1.19 bits per heavy atom. The average molecular weight is 408 g/mol. The molecule has 0 aliphatic carbocycles. The molecule has 132 valence electrons. The van der Waals surface area contributed by atoms with Gasteiger partial charge >= 0.3 is 0 Å². The maximum Gasteiger partial charge on any atom is 0.261 e. The predicted octanol–water partition coefficient (Wildman–Crippen LogP) is 5.32. The molecule has 1 aliphatic heterocycles. The van der Waals surface area contributed by atoms with Crippen molar-refractivity contribution in [1.29, 1.82) is 0 Å². The van der Waals surface area contributed by atoms with E-state index < -0.39 is 11.7 Å². The lowest BCUT2D eigenvalue weighted by molar-refractivity contribution is 0.102. The van der Waals surface area contributed by atoms with Crippen LogP contribution in [0.4, 0.5) is 10.2 Å². The number of thioether (sulfide) groups is 1. The van der Waals surface area contributed by atoms with E-state index in [1.807, 2.05) is 6.07 Å². The summed E-state index contributed by atoms with van der Waals surface area (Å²) in [5, 5.41) is 7.99. The number of anilines is 1. The van der Waals surface area contributed by atoms with E-state index in [4.69, 9.17) is 23.2 Å². The van der Waals surface area contributed by atoms with E-state index in [9.17, 15) is 9.18 Å². The van der Waals surface area contributed by atoms with Gasteiger partial charge in [-0.25, -0.2) is 9.07 Å². The van der Waals surface area contributed by atoms with E-state index in [2.05, 4.69) is 10.4 Å². The lowest BCUT2D eigenvalue weighted by Crippen LogP contribution is -2.18. The van der Waals surface area contributed by atoms with Crippen molar-refractivity contribution in [3.05, 3.63) is 75.1 Å². The van der Waals surface area contributed by atoms with E-state index in [1.165, 1.54) is 18.2 Å². The zero-order valence-corrected chi connectivity index (χ0v) is 15.6. The van der Waals surface area contributed by atoms with Gasteiger partial charge in [0.15, 0.2) is 0 Å². The number of amides is 1. The second-order valence-corrected chi connectivity index (χ2v) is 7.54. The number of carbonyl (C=O) groups is 1. The Balaban J connectivity index is 1.78. The summed E-state index contributed by atoms with van der Waals surface area (Å²) in [5.41, 5.74) is 2.35. The Kier molecular flexibility index (Phi) is 4.65. The first-order valence-electron chi connectivity index (χ1n) is 7.74. The van der Waals surface area contributed by atoms with Crippen molar-refractivity contribution in [2.45, 2.75) is 11.5 Å². The highest BCUT2D eigenvalue weighted by Crippen LogP contribution is 2.36. The molecule has 0 unspecified atom stereocenters. The van der Waals surface area contributed by atoms with Crippen LogP contribution in [0.5, 0.6) is 0 Å². The minimum Gasteiger partial charge on any atom is -0.306 e. The van der Waals surface area contributed by atoms with Crippen LogP contribution >= 0.6 is 35.0 Å². The molecule has 26 heavy (non-hydrogen) atoms. The van der Waals surface area contributed by atoms with Gasteiger partial charge in [-0.3, -0.25) is 4.79 Å². The number of hydrogen-bond acceptors (Lipinski definition) is 3. The first kappa shape index (κ1) is 17.4. The molecule has 0 saturated carbocycles. The summed E-state index contributed by atoms with van der Waals surface area (Å²) in [6.45, 7) is 0. The molecule has 0 bridgehead atoms. The van der Waals surface area contributed by atoms with Crippen molar-refractivity contribution in [3.63, 3.8) is 0 Å². The van der Waals surface area contributed by atoms with Crippen LogP contribution in [0.25, 0.3) is 5.69 Å². The molecule has 1 amide bonds. The Hall–Kier alpha value is -2.02. The van der Waals surface area contributed by atoms with Gasteiger partial charge in [-0.15, -0.1) is 0 Å². The van der Waals surface area contributed by atoms with Crippen molar-refractivity contribution in [2.24, 2.45) is 0 Å². The van der Waals surface area contributed by atoms with Gasteiger partial charge in [-0.2, -0.15) is 16.9 Å². The van der Waals surface area contributed by atoms with Crippen molar-refractivity contribution in [2.75, 3.05) is 5.32 Å². The Morgan fingerprint density at radius 3 is 2.77 bits per heavy atom. The van der Waals surface area contributed by atoms with Gasteiger partial charge in [0.05, 0.1) is 22.0 Å². The lowest BCUT2D eigenvalue weighted by atomic mass is 10.2. The SMILES string of the molecule is O=C(Nc1c2c(nn1-c1cccc(Cl)c1)CSC2)c1c(F)cccc1Cl. The van der Waals surface area contributed by atoms with Crippen molar-refractivity contribution < 1.29 is 9.18 Å². The average Bonchev–Trinajstić information content (AvgIpc) is 3.17.